The highest BCUT2D eigenvalue weighted by atomic mass is 35.5. The Morgan fingerprint density at radius 1 is 1.00 bits per heavy atom. The molecule has 0 unspecified atom stereocenters. The standard InChI is InChI=1S/C22H19Cl2N7O/c1-13(32)14-2-5-19(29-11-14)25-6-9-28-22-30-12-17(21-26-7-8-27-21)20(31-22)16-4-3-15(23)10-18(16)24/h2-5,7-8,10-12H,6,9H2,1H3,(H,25,29)(H,26,27)(H,28,30,31). The van der Waals surface area contributed by atoms with Crippen molar-refractivity contribution >= 4 is 40.8 Å². The van der Waals surface area contributed by atoms with E-state index in [9.17, 15) is 4.79 Å². The van der Waals surface area contributed by atoms with E-state index in [-0.39, 0.29) is 5.78 Å². The molecular weight excluding hydrogens is 449 g/mol. The Morgan fingerprint density at radius 2 is 1.84 bits per heavy atom. The summed E-state index contributed by atoms with van der Waals surface area (Å²) in [4.78, 5) is 32.0. The number of pyridine rings is 1. The summed E-state index contributed by atoms with van der Waals surface area (Å²) >= 11 is 12.5. The first-order valence-electron chi connectivity index (χ1n) is 9.78. The van der Waals surface area contributed by atoms with Crippen LogP contribution in [0.15, 0.2) is 55.1 Å². The molecule has 0 fully saturated rings. The number of H-pyrrole nitrogens is 1. The van der Waals surface area contributed by atoms with Gasteiger partial charge in [-0.15, -0.1) is 0 Å². The first-order chi connectivity index (χ1) is 15.5. The van der Waals surface area contributed by atoms with E-state index in [1.165, 1.54) is 6.92 Å². The third-order valence-electron chi connectivity index (χ3n) is 4.61. The number of halogens is 2. The largest absolute Gasteiger partial charge is 0.368 e. The van der Waals surface area contributed by atoms with E-state index in [1.54, 1.807) is 49.1 Å². The van der Waals surface area contributed by atoms with Crippen molar-refractivity contribution in [1.29, 1.82) is 0 Å². The number of anilines is 2. The minimum absolute atomic E-state index is 0.0162. The second kappa shape index (κ2) is 9.76. The number of imidazole rings is 1. The Kier molecular flexibility index (Phi) is 6.63. The molecule has 0 radical (unpaired) electrons. The van der Waals surface area contributed by atoms with Gasteiger partial charge in [-0.05, 0) is 37.3 Å². The molecule has 0 saturated heterocycles. The van der Waals surface area contributed by atoms with Crippen molar-refractivity contribution < 1.29 is 4.79 Å². The predicted octanol–water partition coefficient (Wildman–Crippen LogP) is 4.96. The van der Waals surface area contributed by atoms with Gasteiger partial charge in [0.15, 0.2) is 5.78 Å². The first-order valence-corrected chi connectivity index (χ1v) is 10.5. The van der Waals surface area contributed by atoms with Crippen LogP contribution in [0, 0.1) is 0 Å². The van der Waals surface area contributed by atoms with Crippen LogP contribution < -0.4 is 10.6 Å². The van der Waals surface area contributed by atoms with Gasteiger partial charge in [0.25, 0.3) is 0 Å². The number of rotatable bonds is 8. The number of carbonyl (C=O) groups is 1. The third kappa shape index (κ3) is 5.04. The summed E-state index contributed by atoms with van der Waals surface area (Å²) in [5, 5.41) is 7.40. The third-order valence-corrected chi connectivity index (χ3v) is 5.16. The summed E-state index contributed by atoms with van der Waals surface area (Å²) < 4.78 is 0. The zero-order valence-corrected chi connectivity index (χ0v) is 18.6. The summed E-state index contributed by atoms with van der Waals surface area (Å²) in [5.41, 5.74) is 2.65. The van der Waals surface area contributed by atoms with Gasteiger partial charge >= 0.3 is 0 Å². The molecule has 8 nitrogen and oxygen atoms in total. The Bertz CT molecular complexity index is 1230. The molecule has 0 bridgehead atoms. The summed E-state index contributed by atoms with van der Waals surface area (Å²) in [6.45, 7) is 2.63. The fraction of sp³-hybridized carbons (Fsp3) is 0.136. The van der Waals surface area contributed by atoms with E-state index < -0.39 is 0 Å². The number of aromatic nitrogens is 5. The Balaban J connectivity index is 1.49. The van der Waals surface area contributed by atoms with Crippen LogP contribution in [-0.2, 0) is 0 Å². The van der Waals surface area contributed by atoms with Crippen LogP contribution in [0.4, 0.5) is 11.8 Å². The molecule has 0 spiro atoms. The Morgan fingerprint density at radius 3 is 2.53 bits per heavy atom. The van der Waals surface area contributed by atoms with Crippen molar-refractivity contribution in [3.63, 3.8) is 0 Å². The lowest BCUT2D eigenvalue weighted by atomic mass is 10.1. The van der Waals surface area contributed by atoms with E-state index in [0.29, 0.717) is 52.0 Å². The summed E-state index contributed by atoms with van der Waals surface area (Å²) in [6, 6.07) is 8.77. The molecule has 3 N–H and O–H groups in total. The van der Waals surface area contributed by atoms with Crippen molar-refractivity contribution in [2.45, 2.75) is 6.92 Å². The number of hydrogen-bond acceptors (Lipinski definition) is 7. The number of Topliss-reactive ketones (excluding diaryl/α,β-unsaturated/α-hetero) is 1. The number of ketones is 1. The van der Waals surface area contributed by atoms with Crippen molar-refractivity contribution in [3.8, 4) is 22.6 Å². The van der Waals surface area contributed by atoms with Crippen LogP contribution in [0.25, 0.3) is 22.6 Å². The number of aromatic amines is 1. The van der Waals surface area contributed by atoms with Gasteiger partial charge in [-0.25, -0.2) is 19.9 Å². The highest BCUT2D eigenvalue weighted by Crippen LogP contribution is 2.34. The van der Waals surface area contributed by atoms with Crippen LogP contribution in [0.5, 0.6) is 0 Å². The molecule has 3 heterocycles. The van der Waals surface area contributed by atoms with Crippen LogP contribution in [0.3, 0.4) is 0 Å². The highest BCUT2D eigenvalue weighted by molar-refractivity contribution is 6.36. The molecule has 0 amide bonds. The molecule has 10 heteroatoms. The molecule has 4 aromatic rings. The van der Waals surface area contributed by atoms with Gasteiger partial charge in [0.1, 0.15) is 11.6 Å². The minimum atomic E-state index is -0.0162. The summed E-state index contributed by atoms with van der Waals surface area (Å²) in [5.74, 6) is 1.75. The van der Waals surface area contributed by atoms with Gasteiger partial charge in [-0.2, -0.15) is 0 Å². The van der Waals surface area contributed by atoms with Crippen molar-refractivity contribution in [3.05, 3.63) is 70.7 Å². The number of nitrogens with one attached hydrogen (secondary N) is 3. The lowest BCUT2D eigenvalue weighted by Crippen LogP contribution is -2.16. The zero-order valence-electron chi connectivity index (χ0n) is 17.1. The lowest BCUT2D eigenvalue weighted by molar-refractivity contribution is 0.101. The number of benzene rings is 1. The SMILES string of the molecule is CC(=O)c1ccc(NCCNc2ncc(-c3ncc[nH]3)c(-c3ccc(Cl)cc3Cl)n2)nc1. The fourth-order valence-corrected chi connectivity index (χ4v) is 3.51. The minimum Gasteiger partial charge on any atom is -0.368 e. The van der Waals surface area contributed by atoms with Gasteiger partial charge in [0, 0.05) is 54.0 Å². The number of carbonyl (C=O) groups excluding carboxylic acids is 1. The molecule has 1 aromatic carbocycles. The number of hydrogen-bond donors (Lipinski definition) is 3. The van der Waals surface area contributed by atoms with Crippen LogP contribution in [-0.4, -0.2) is 43.8 Å². The van der Waals surface area contributed by atoms with Gasteiger partial charge in [-0.3, -0.25) is 4.79 Å². The van der Waals surface area contributed by atoms with Gasteiger partial charge in [0.2, 0.25) is 5.95 Å². The van der Waals surface area contributed by atoms with Crippen LogP contribution >= 0.6 is 23.2 Å². The van der Waals surface area contributed by atoms with Crippen LogP contribution in [0.1, 0.15) is 17.3 Å². The van der Waals surface area contributed by atoms with E-state index in [0.717, 1.165) is 11.1 Å². The van der Waals surface area contributed by atoms with Crippen molar-refractivity contribution in [2.24, 2.45) is 0 Å². The molecule has 0 atom stereocenters. The molecule has 0 saturated carbocycles. The smallest absolute Gasteiger partial charge is 0.223 e. The average molecular weight is 468 g/mol. The van der Waals surface area contributed by atoms with Crippen LogP contribution in [0.2, 0.25) is 10.0 Å². The average Bonchev–Trinajstić information content (AvgIpc) is 3.32. The molecule has 0 aliphatic carbocycles. The molecule has 3 aromatic heterocycles. The predicted molar refractivity (Wildman–Crippen MR) is 126 cm³/mol. The van der Waals surface area contributed by atoms with Crippen molar-refractivity contribution in [1.82, 2.24) is 24.9 Å². The monoisotopic (exact) mass is 467 g/mol. The molecule has 162 valence electrons. The topological polar surface area (TPSA) is 108 Å². The first kappa shape index (κ1) is 21.7. The maximum Gasteiger partial charge on any atom is 0.223 e. The van der Waals surface area contributed by atoms with E-state index in [1.807, 2.05) is 6.07 Å². The normalized spacial score (nSPS) is 10.7. The highest BCUT2D eigenvalue weighted by Gasteiger charge is 2.16. The summed E-state index contributed by atoms with van der Waals surface area (Å²) in [7, 11) is 0. The quantitative estimate of drug-likeness (QED) is 0.248. The Labute approximate surface area is 194 Å². The van der Waals surface area contributed by atoms with Gasteiger partial charge in [-0.1, -0.05) is 23.2 Å². The lowest BCUT2D eigenvalue weighted by Gasteiger charge is -2.12. The molecule has 4 rings (SSSR count). The molecule has 0 aliphatic heterocycles. The van der Waals surface area contributed by atoms with E-state index >= 15 is 0 Å². The van der Waals surface area contributed by atoms with E-state index in [4.69, 9.17) is 23.2 Å². The van der Waals surface area contributed by atoms with Gasteiger partial charge < -0.3 is 15.6 Å². The summed E-state index contributed by atoms with van der Waals surface area (Å²) in [6.07, 6.45) is 6.65. The zero-order chi connectivity index (χ0) is 22.5. The van der Waals surface area contributed by atoms with Gasteiger partial charge in [0.05, 0.1) is 16.3 Å². The molecule has 0 aliphatic rings. The maximum atomic E-state index is 11.3. The van der Waals surface area contributed by atoms with Crippen molar-refractivity contribution in [2.75, 3.05) is 23.7 Å². The number of nitrogens with zero attached hydrogens (tertiary/aromatic N) is 4. The molecule has 32 heavy (non-hydrogen) atoms. The second-order valence-electron chi connectivity index (χ2n) is 6.86. The fourth-order valence-electron chi connectivity index (χ4n) is 3.01. The second-order valence-corrected chi connectivity index (χ2v) is 7.70. The van der Waals surface area contributed by atoms with E-state index in [2.05, 4.69) is 35.6 Å². The maximum absolute atomic E-state index is 11.3. The Hall–Kier alpha value is -3.49. The molecular formula is C22H19Cl2N7O.